The molecule has 0 spiro atoms. The van der Waals surface area contributed by atoms with Gasteiger partial charge in [0.15, 0.2) is 10.8 Å². The zero-order valence-corrected chi connectivity index (χ0v) is 11.8. The van der Waals surface area contributed by atoms with Crippen LogP contribution in [-0.4, -0.2) is 17.8 Å². The predicted molar refractivity (Wildman–Crippen MR) is 70.4 cm³/mol. The van der Waals surface area contributed by atoms with Crippen LogP contribution in [0.5, 0.6) is 0 Å². The summed E-state index contributed by atoms with van der Waals surface area (Å²) >= 11 is 0. The highest BCUT2D eigenvalue weighted by Gasteiger charge is 2.79. The maximum absolute atomic E-state index is 9.86. The smallest absolute Gasteiger partial charge is 0.217 e. The second-order valence-corrected chi connectivity index (χ2v) is 6.01. The van der Waals surface area contributed by atoms with Crippen molar-refractivity contribution in [1.29, 1.82) is 21.2 Å². The summed E-state index contributed by atoms with van der Waals surface area (Å²) in [5.74, 6) is -1.68. The molecule has 108 valence electrons. The van der Waals surface area contributed by atoms with Crippen molar-refractivity contribution in [3.05, 3.63) is 0 Å². The molecule has 1 N–H and O–H groups in total. The molecule has 0 radical (unpaired) electrons. The fourth-order valence-electron chi connectivity index (χ4n) is 4.35. The highest BCUT2D eigenvalue weighted by molar-refractivity contribution is 5.89. The molecule has 1 saturated carbocycles. The minimum absolute atomic E-state index is 0.268. The second-order valence-electron chi connectivity index (χ2n) is 6.01. The van der Waals surface area contributed by atoms with Gasteiger partial charge < -0.3 is 9.47 Å². The molecule has 3 aliphatic rings. The minimum atomic E-state index is -1.68. The zero-order chi connectivity index (χ0) is 15.3. The van der Waals surface area contributed by atoms with Crippen molar-refractivity contribution in [2.45, 2.75) is 50.9 Å². The molecular weight excluding hydrogens is 268 g/mol. The van der Waals surface area contributed by atoms with Gasteiger partial charge in [-0.3, -0.25) is 5.41 Å². The lowest BCUT2D eigenvalue weighted by atomic mass is 9.52. The van der Waals surface area contributed by atoms with E-state index in [4.69, 9.17) is 14.9 Å². The average molecular weight is 284 g/mol. The summed E-state index contributed by atoms with van der Waals surface area (Å²) < 4.78 is 11.8. The molecule has 21 heavy (non-hydrogen) atoms. The van der Waals surface area contributed by atoms with Gasteiger partial charge in [0.2, 0.25) is 11.7 Å². The molecule has 3 fully saturated rings. The molecule has 2 bridgehead atoms. The van der Waals surface area contributed by atoms with E-state index in [9.17, 15) is 15.8 Å². The Balaban J connectivity index is 2.30. The van der Waals surface area contributed by atoms with Crippen molar-refractivity contribution in [3.63, 3.8) is 0 Å². The summed E-state index contributed by atoms with van der Waals surface area (Å²) in [5, 5.41) is 37.5. The maximum atomic E-state index is 9.86. The van der Waals surface area contributed by atoms with Crippen molar-refractivity contribution in [2.75, 3.05) is 0 Å². The fraction of sp³-hybridized carbons (Fsp3) is 0.733. The van der Waals surface area contributed by atoms with Crippen molar-refractivity contribution in [3.8, 4) is 18.2 Å². The number of nitrogens with zero attached hydrogens (tertiary/aromatic N) is 3. The summed E-state index contributed by atoms with van der Waals surface area (Å²) in [6, 6.07) is 6.17. The van der Waals surface area contributed by atoms with Gasteiger partial charge in [0.1, 0.15) is 0 Å². The molecule has 3 rings (SSSR count). The maximum Gasteiger partial charge on any atom is 0.217 e. The lowest BCUT2D eigenvalue weighted by Gasteiger charge is -2.51. The van der Waals surface area contributed by atoms with E-state index in [-0.39, 0.29) is 5.90 Å². The fourth-order valence-corrected chi connectivity index (χ4v) is 4.35. The highest BCUT2D eigenvalue weighted by Crippen LogP contribution is 2.66. The topological polar surface area (TPSA) is 114 Å². The SMILES string of the molecule is CC[C@H]1O[C@@]23CCCC[C@H]2[C@](C#N)(C(=N)O3)C1(C#N)C#N. The van der Waals surface area contributed by atoms with Gasteiger partial charge in [-0.15, -0.1) is 0 Å². The number of nitrogens with one attached hydrogen (secondary N) is 1. The van der Waals surface area contributed by atoms with Crippen LogP contribution in [0.25, 0.3) is 0 Å². The van der Waals surface area contributed by atoms with E-state index >= 15 is 0 Å². The van der Waals surface area contributed by atoms with Crippen LogP contribution in [0.3, 0.4) is 0 Å². The molecule has 2 heterocycles. The van der Waals surface area contributed by atoms with Crippen LogP contribution < -0.4 is 0 Å². The van der Waals surface area contributed by atoms with Crippen molar-refractivity contribution in [1.82, 2.24) is 0 Å². The van der Waals surface area contributed by atoms with Gasteiger partial charge in [-0.1, -0.05) is 13.3 Å². The van der Waals surface area contributed by atoms with Gasteiger partial charge in [0, 0.05) is 6.42 Å². The number of hydrogen-bond acceptors (Lipinski definition) is 6. The molecule has 1 aliphatic carbocycles. The van der Waals surface area contributed by atoms with E-state index < -0.39 is 28.6 Å². The highest BCUT2D eigenvalue weighted by atomic mass is 16.7. The van der Waals surface area contributed by atoms with Gasteiger partial charge >= 0.3 is 0 Å². The minimum Gasteiger partial charge on any atom is -0.447 e. The molecule has 4 atom stereocenters. The number of ether oxygens (including phenoxy) is 2. The van der Waals surface area contributed by atoms with Gasteiger partial charge in [0.25, 0.3) is 0 Å². The monoisotopic (exact) mass is 284 g/mol. The van der Waals surface area contributed by atoms with Gasteiger partial charge in [-0.25, -0.2) is 0 Å². The van der Waals surface area contributed by atoms with E-state index in [2.05, 4.69) is 6.07 Å². The summed E-state index contributed by atoms with van der Waals surface area (Å²) in [6.07, 6.45) is 2.73. The Bertz CT molecular complexity index is 611. The lowest BCUT2D eigenvalue weighted by molar-refractivity contribution is -0.291. The molecule has 2 saturated heterocycles. The van der Waals surface area contributed by atoms with Crippen LogP contribution in [0, 0.1) is 56.2 Å². The van der Waals surface area contributed by atoms with Crippen molar-refractivity contribution >= 4 is 5.90 Å². The van der Waals surface area contributed by atoms with E-state index in [0.29, 0.717) is 19.3 Å². The van der Waals surface area contributed by atoms with E-state index in [1.807, 2.05) is 19.1 Å². The average Bonchev–Trinajstić information content (AvgIpc) is 2.72. The first-order valence-corrected chi connectivity index (χ1v) is 7.26. The third-order valence-electron chi connectivity index (χ3n) is 5.30. The molecule has 2 aliphatic heterocycles. The Morgan fingerprint density at radius 1 is 1.24 bits per heavy atom. The molecular formula is C15H16N4O2. The van der Waals surface area contributed by atoms with Crippen LogP contribution in [0.15, 0.2) is 0 Å². The van der Waals surface area contributed by atoms with Crippen LogP contribution >= 0.6 is 0 Å². The molecule has 6 heteroatoms. The Morgan fingerprint density at radius 2 is 1.95 bits per heavy atom. The molecule has 0 aromatic heterocycles. The van der Waals surface area contributed by atoms with Gasteiger partial charge in [0.05, 0.1) is 30.2 Å². The third kappa shape index (κ3) is 1.26. The molecule has 0 unspecified atom stereocenters. The molecule has 0 aromatic carbocycles. The van der Waals surface area contributed by atoms with Crippen LogP contribution in [-0.2, 0) is 9.47 Å². The van der Waals surface area contributed by atoms with E-state index in [0.717, 1.165) is 12.8 Å². The van der Waals surface area contributed by atoms with E-state index in [1.165, 1.54) is 0 Å². The van der Waals surface area contributed by atoms with Crippen molar-refractivity contribution < 1.29 is 9.47 Å². The summed E-state index contributed by atoms with van der Waals surface area (Å²) in [6.45, 7) is 1.82. The first-order valence-electron chi connectivity index (χ1n) is 7.26. The summed E-state index contributed by atoms with van der Waals surface area (Å²) in [4.78, 5) is 0. The Labute approximate surface area is 123 Å². The predicted octanol–water partition coefficient (Wildman–Crippen LogP) is 2.23. The Morgan fingerprint density at radius 3 is 2.52 bits per heavy atom. The lowest BCUT2D eigenvalue weighted by Crippen LogP contribution is -2.63. The number of nitriles is 3. The van der Waals surface area contributed by atoms with E-state index in [1.54, 1.807) is 0 Å². The first-order chi connectivity index (χ1) is 10.1. The number of hydrogen-bond donors (Lipinski definition) is 1. The standard InChI is InChI=1S/C15H16N4O2/c1-2-11-13(7-16,8-17)14(9-18)10-5-3-4-6-15(10,20-11)21-12(14)19/h10-11,19H,2-6H2,1H3/t10-,11+,14+,15+/m0/s1. The first kappa shape index (κ1) is 13.9. The second kappa shape index (κ2) is 4.20. The van der Waals surface area contributed by atoms with Gasteiger partial charge in [-0.05, 0) is 19.3 Å². The number of rotatable bonds is 1. The third-order valence-corrected chi connectivity index (χ3v) is 5.30. The van der Waals surface area contributed by atoms with Gasteiger partial charge in [-0.2, -0.15) is 15.8 Å². The normalized spacial score (nSPS) is 42.9. The largest absolute Gasteiger partial charge is 0.447 e. The molecule has 0 amide bonds. The Kier molecular flexibility index (Phi) is 2.77. The zero-order valence-electron chi connectivity index (χ0n) is 11.8. The summed E-state index contributed by atoms with van der Waals surface area (Å²) in [7, 11) is 0. The van der Waals surface area contributed by atoms with Crippen LogP contribution in [0.1, 0.15) is 39.0 Å². The quantitative estimate of drug-likeness (QED) is 0.793. The summed E-state index contributed by atoms with van der Waals surface area (Å²) in [5.41, 5.74) is -3.20. The van der Waals surface area contributed by atoms with Crippen molar-refractivity contribution in [2.24, 2.45) is 16.7 Å². The molecule has 0 aromatic rings. The van der Waals surface area contributed by atoms with Crippen LogP contribution in [0.2, 0.25) is 0 Å². The molecule has 6 nitrogen and oxygen atoms in total. The van der Waals surface area contributed by atoms with Crippen LogP contribution in [0.4, 0.5) is 0 Å². The Hall–Kier alpha value is -2.10.